The second-order valence-electron chi connectivity index (χ2n) is 29.5. The molecule has 0 bridgehead atoms. The summed E-state index contributed by atoms with van der Waals surface area (Å²) in [7, 11) is -13.7. The third-order valence-electron chi connectivity index (χ3n) is 18.8. The molecule has 0 saturated heterocycles. The molecule has 0 spiro atoms. The van der Waals surface area contributed by atoms with Crippen LogP contribution in [0.5, 0.6) is 11.5 Å². The summed E-state index contributed by atoms with van der Waals surface area (Å²) >= 11 is 10.7. The number of carbonyl (C=O) groups excluding carboxylic acids is 3. The number of nitro benzene ring substituents is 3. The standard InChI is InChI=1S/C20H19N3O3S.C20H17NO4S.C13H11NO4S.C13H13NO2S.C13H11NO2S.C7H5ClO2.C7H8S.C6H4FNO2.C6H8N2.CH4/c24-20(22-14-16-10-12-21-13-11-16)23-18-6-8-19(9-7-18)27(25,26)15-17-4-2-1-3-5-17;22-20(25-18-9-5-2-6-10-18)21-17-11-13-19(14-12-17)26(23,24)15-16-7-3-1-4-8-16;15-14(16)12-6-8-13(9-7-12)19(17,18)10-11-4-2-1-3-5-11;14-12-6-8-13(9-7-12)17(15,16)10-11-4-2-1-3-5-11;15-14(16)12-6-8-13(9-7-12)17-10-11-4-2-1-3-5-11;8-7(9)10-6-4-2-1-3-5-6;8-6-7-4-2-1-3-5-7;7-5-1-3-6(4-2-5)8(9)10;7-5-6-1-3-8-4-2-6;/h1-13H,14-15H2,(H2,22,23,24);1-14H,15H2,(H,21,22);1-9H,10H2;1-9H,10,14H2;1-9H,10H2;1-5H;1-5,8H,6H2;1-4H;1-4H,5,7H2;1H4. The largest absolute Gasteiger partial charge is 0.417 e. The smallest absolute Gasteiger partial charge is 0.415 e. The molecule has 16 aromatic rings. The zero-order valence-electron chi connectivity index (χ0n) is 75.6. The number of non-ortho nitro benzene ring substituents is 3. The highest BCUT2D eigenvalue weighted by Crippen LogP contribution is 2.28. The predicted octanol–water partition coefficient (Wildman–Crippen LogP) is 23.8. The number of rotatable bonds is 26. The highest BCUT2D eigenvalue weighted by Gasteiger charge is 2.21. The van der Waals surface area contributed by atoms with Crippen LogP contribution in [0.1, 0.15) is 51.9 Å². The summed E-state index contributed by atoms with van der Waals surface area (Å²) < 4.78 is 120. The van der Waals surface area contributed by atoms with E-state index in [0.717, 1.165) is 68.5 Å². The zero-order chi connectivity index (χ0) is 102. The number of nitrogens with one attached hydrogen (secondary N) is 3. The number of hydrogen-bond donors (Lipinski definition) is 6. The number of nitro groups is 3. The van der Waals surface area contributed by atoms with Crippen LogP contribution in [0.3, 0.4) is 0 Å². The fraction of sp³-hybridized carbons (Fsp3) is 0.0849. The molecule has 738 valence electrons. The van der Waals surface area contributed by atoms with Gasteiger partial charge in [-0.1, -0.05) is 226 Å². The SMILES string of the molecule is C.NCc1ccncc1.Nc1ccc(S(=O)(=O)Cc2ccccc2)cc1.O=C(Cl)Oc1ccccc1.O=C(NCc1ccncc1)Nc1ccc(S(=O)(=O)Cc2ccccc2)cc1.O=C(Nc1ccc(S(=O)(=O)Cc2ccccc2)cc1)Oc1ccccc1.O=[N+]([O-])c1ccc(F)cc1.O=[N+]([O-])c1ccc(S(=O)(=O)Cc2ccccc2)cc1.O=[N+]([O-])c1ccc(SCc2ccccc2)cc1.SCc1ccccc1. The highest BCUT2D eigenvalue weighted by molar-refractivity contribution is 7.98. The van der Waals surface area contributed by atoms with E-state index in [1.165, 1.54) is 96.1 Å². The van der Waals surface area contributed by atoms with E-state index in [1.54, 1.807) is 194 Å². The Morgan fingerprint density at radius 2 is 0.650 bits per heavy atom. The van der Waals surface area contributed by atoms with Crippen molar-refractivity contribution >= 4 is 127 Å². The van der Waals surface area contributed by atoms with Gasteiger partial charge in [-0.25, -0.2) is 52.4 Å². The number of para-hydroxylation sites is 2. The number of carbonyl (C=O) groups is 3. The van der Waals surface area contributed by atoms with Crippen LogP contribution in [0.25, 0.3) is 0 Å². The van der Waals surface area contributed by atoms with E-state index in [9.17, 15) is 82.8 Å². The number of sulfone groups is 4. The van der Waals surface area contributed by atoms with Gasteiger partial charge in [0, 0.05) is 119 Å². The number of pyridine rings is 2. The van der Waals surface area contributed by atoms with Gasteiger partial charge in [-0.2, -0.15) is 12.6 Å². The monoisotopic (exact) mass is 2060 g/mol. The molecule has 0 unspecified atom stereocenters. The molecule has 3 amide bonds. The summed E-state index contributed by atoms with van der Waals surface area (Å²) in [4.78, 5) is 73.0. The van der Waals surface area contributed by atoms with Gasteiger partial charge in [0.1, 0.15) is 17.3 Å². The maximum Gasteiger partial charge on any atom is 0.417 e. The Labute approximate surface area is 843 Å². The second-order valence-corrected chi connectivity index (χ2v) is 39.1. The molecule has 37 heteroatoms. The number of nitrogens with zero attached hydrogens (tertiary/aromatic N) is 5. The number of thioether (sulfide) groups is 1. The first-order valence-electron chi connectivity index (χ1n) is 42.6. The van der Waals surface area contributed by atoms with Crippen molar-refractivity contribution in [3.05, 3.63) is 518 Å². The number of halogens is 2. The van der Waals surface area contributed by atoms with Crippen LogP contribution in [0.4, 0.5) is 52.9 Å². The lowest BCUT2D eigenvalue weighted by Crippen LogP contribution is -2.28. The number of nitrogen functional groups attached to an aromatic ring is 1. The Morgan fingerprint density at radius 1 is 0.364 bits per heavy atom. The fourth-order valence-corrected chi connectivity index (χ4v) is 18.2. The van der Waals surface area contributed by atoms with Crippen LogP contribution in [0.15, 0.2) is 462 Å². The summed E-state index contributed by atoms with van der Waals surface area (Å²) in [5.74, 6) is 1.88. The maximum absolute atomic E-state index is 12.5. The average molecular weight is 2060 g/mol. The van der Waals surface area contributed by atoms with E-state index in [4.69, 9.17) is 27.8 Å². The minimum Gasteiger partial charge on any atom is -0.415 e. The number of thiol groups is 1. The van der Waals surface area contributed by atoms with Gasteiger partial charge in [-0.05, 0) is 202 Å². The predicted molar refractivity (Wildman–Crippen MR) is 561 cm³/mol. The van der Waals surface area contributed by atoms with Crippen LogP contribution >= 0.6 is 36.0 Å². The first kappa shape index (κ1) is 114. The second kappa shape index (κ2) is 60.8. The Balaban J connectivity index is 0.000000224. The number of nitrogens with two attached hydrogens (primary N) is 2. The van der Waals surface area contributed by atoms with Crippen LogP contribution in [0.2, 0.25) is 0 Å². The first-order valence-corrected chi connectivity index (χ1v) is 51.2. The molecule has 2 aromatic heterocycles. The first-order chi connectivity index (χ1) is 68.2. The van der Waals surface area contributed by atoms with Crippen molar-refractivity contribution in [2.45, 2.75) is 79.5 Å². The Bertz CT molecular complexity index is 7010. The van der Waals surface area contributed by atoms with Crippen LogP contribution < -0.4 is 36.9 Å². The number of urea groups is 1. The molecular formula is C106H100ClFN10O19S6. The van der Waals surface area contributed by atoms with Gasteiger partial charge < -0.3 is 31.6 Å². The number of amides is 3. The highest BCUT2D eigenvalue weighted by atomic mass is 35.5. The molecule has 7 N–H and O–H groups in total. The van der Waals surface area contributed by atoms with Gasteiger partial charge in [-0.15, -0.1) is 11.8 Å². The van der Waals surface area contributed by atoms with Gasteiger partial charge in [0.15, 0.2) is 39.3 Å². The van der Waals surface area contributed by atoms with Crippen LogP contribution in [-0.4, -0.2) is 76.0 Å². The molecular weight excluding hydrogens is 1960 g/mol. The minimum atomic E-state index is -3.48. The molecule has 14 aromatic carbocycles. The van der Waals surface area contributed by atoms with Crippen molar-refractivity contribution in [2.75, 3.05) is 16.4 Å². The number of anilines is 3. The van der Waals surface area contributed by atoms with E-state index in [-0.39, 0.29) is 73.1 Å². The van der Waals surface area contributed by atoms with E-state index in [1.807, 2.05) is 121 Å². The summed E-state index contributed by atoms with van der Waals surface area (Å²) in [6, 6.07) is 115. The van der Waals surface area contributed by atoms with Gasteiger partial charge in [0.05, 0.1) is 57.4 Å². The van der Waals surface area contributed by atoms with Crippen LogP contribution in [0, 0.1) is 36.2 Å². The van der Waals surface area contributed by atoms with E-state index >= 15 is 0 Å². The Hall–Kier alpha value is -15.9. The lowest BCUT2D eigenvalue weighted by atomic mass is 10.2. The van der Waals surface area contributed by atoms with Gasteiger partial charge in [0.25, 0.3) is 17.1 Å². The molecule has 0 saturated carbocycles. The van der Waals surface area contributed by atoms with Crippen molar-refractivity contribution in [3.63, 3.8) is 0 Å². The Morgan fingerprint density at radius 3 is 0.965 bits per heavy atom. The molecule has 143 heavy (non-hydrogen) atoms. The molecule has 2 heterocycles. The van der Waals surface area contributed by atoms with Crippen molar-refractivity contribution < 1.29 is 76.7 Å². The van der Waals surface area contributed by atoms with E-state index in [2.05, 4.69) is 67.5 Å². The van der Waals surface area contributed by atoms with Crippen LogP contribution in [-0.2, 0) is 87.0 Å². The third-order valence-corrected chi connectivity index (χ3v) is 27.2. The van der Waals surface area contributed by atoms with Gasteiger partial charge in [-0.3, -0.25) is 45.6 Å². The molecule has 29 nitrogen and oxygen atoms in total. The normalized spacial score (nSPS) is 10.4. The number of aromatic nitrogens is 2. The lowest BCUT2D eigenvalue weighted by Gasteiger charge is -2.09. The number of ether oxygens (including phenoxy) is 2. The average Bonchev–Trinajstić information content (AvgIpc) is 0.832. The zero-order valence-corrected chi connectivity index (χ0v) is 81.4. The molecule has 0 radical (unpaired) electrons. The lowest BCUT2D eigenvalue weighted by molar-refractivity contribution is -0.385. The van der Waals surface area contributed by atoms with Crippen molar-refractivity contribution in [1.29, 1.82) is 0 Å². The van der Waals surface area contributed by atoms with Gasteiger partial charge >= 0.3 is 17.6 Å². The summed E-state index contributed by atoms with van der Waals surface area (Å²) in [5, 5.41) is 39.0. The molecule has 0 atom stereocenters. The number of benzene rings is 14. The molecule has 16 rings (SSSR count). The maximum atomic E-state index is 12.5. The third kappa shape index (κ3) is 44.0. The Kier molecular flexibility index (Phi) is 48.5. The molecule has 0 aliphatic heterocycles. The molecule has 0 fully saturated rings. The quantitative estimate of drug-likeness (QED) is 0.00732. The van der Waals surface area contributed by atoms with Crippen molar-refractivity contribution in [2.24, 2.45) is 5.73 Å². The van der Waals surface area contributed by atoms with Gasteiger partial charge in [0.2, 0.25) is 0 Å². The minimum absolute atomic E-state index is 0. The topological polar surface area (TPSA) is 450 Å². The van der Waals surface area contributed by atoms with Crippen molar-refractivity contribution in [3.8, 4) is 11.5 Å². The molecule has 0 aliphatic carbocycles. The fourth-order valence-electron chi connectivity index (χ4n) is 11.7. The summed E-state index contributed by atoms with van der Waals surface area (Å²) in [6.07, 6.45) is 6.15. The molecule has 0 aliphatic rings. The number of hydrogen-bond acceptors (Lipinski definition) is 25. The van der Waals surface area contributed by atoms with E-state index in [0.29, 0.717) is 52.1 Å². The summed E-state index contributed by atoms with van der Waals surface area (Å²) in [6.45, 7) is 0.973. The van der Waals surface area contributed by atoms with E-state index < -0.39 is 66.5 Å². The van der Waals surface area contributed by atoms with Crippen molar-refractivity contribution in [1.82, 2.24) is 15.3 Å². The summed E-state index contributed by atoms with van der Waals surface area (Å²) in [5.41, 5.74) is 19.0.